The summed E-state index contributed by atoms with van der Waals surface area (Å²) in [6, 6.07) is 3.75. The van der Waals surface area contributed by atoms with E-state index in [1.165, 1.54) is 0 Å². The predicted molar refractivity (Wildman–Crippen MR) is 82.7 cm³/mol. The third-order valence-corrected chi connectivity index (χ3v) is 3.24. The van der Waals surface area contributed by atoms with E-state index in [4.69, 9.17) is 18.9 Å². The average Bonchev–Trinajstić information content (AvgIpc) is 2.83. The predicted octanol–water partition coefficient (Wildman–Crippen LogP) is 2.01. The van der Waals surface area contributed by atoms with Crippen molar-refractivity contribution in [3.05, 3.63) is 17.7 Å². The Bertz CT molecular complexity index is 518. The molecule has 2 rings (SSSR count). The van der Waals surface area contributed by atoms with Crippen molar-refractivity contribution in [1.29, 1.82) is 0 Å². The van der Waals surface area contributed by atoms with Crippen LogP contribution in [0.5, 0.6) is 11.5 Å². The van der Waals surface area contributed by atoms with Crippen molar-refractivity contribution in [2.75, 3.05) is 38.9 Å². The number of methoxy groups -OCH3 is 1. The van der Waals surface area contributed by atoms with Gasteiger partial charge in [0.1, 0.15) is 24.2 Å². The number of amides is 1. The zero-order chi connectivity index (χ0) is 15.9. The Morgan fingerprint density at radius 2 is 2.23 bits per heavy atom. The molecule has 6 nitrogen and oxygen atoms in total. The van der Waals surface area contributed by atoms with Crippen LogP contribution in [0.4, 0.5) is 5.69 Å². The van der Waals surface area contributed by atoms with E-state index in [1.807, 2.05) is 26.0 Å². The average molecular weight is 309 g/mol. The first-order valence-corrected chi connectivity index (χ1v) is 7.47. The minimum Gasteiger partial charge on any atom is -0.492 e. The van der Waals surface area contributed by atoms with Gasteiger partial charge in [-0.25, -0.2) is 0 Å². The van der Waals surface area contributed by atoms with E-state index < -0.39 is 0 Å². The topological polar surface area (TPSA) is 66.0 Å². The summed E-state index contributed by atoms with van der Waals surface area (Å²) in [5.74, 6) is 1.22. The lowest BCUT2D eigenvalue weighted by Crippen LogP contribution is -2.20. The fourth-order valence-electron chi connectivity index (χ4n) is 2.31. The maximum Gasteiger partial charge on any atom is 0.250 e. The first-order chi connectivity index (χ1) is 10.6. The summed E-state index contributed by atoms with van der Waals surface area (Å²) in [5.41, 5.74) is 1.71. The zero-order valence-electron chi connectivity index (χ0n) is 13.3. The molecule has 0 aliphatic carbocycles. The highest BCUT2D eigenvalue weighted by atomic mass is 16.5. The molecule has 0 aromatic heterocycles. The molecule has 0 saturated heterocycles. The van der Waals surface area contributed by atoms with Gasteiger partial charge in [0, 0.05) is 25.2 Å². The standard InChI is InChI=1S/C16H23NO5/c1-4-21-15-8-12-7-11(2)22-14(12)9-13(15)17-16(18)10-20-6-5-19-3/h8-9,11H,4-7,10H2,1-3H3,(H,17,18)/t11-/m1/s1. The van der Waals surface area contributed by atoms with Crippen LogP contribution in [-0.4, -0.2) is 45.5 Å². The van der Waals surface area contributed by atoms with Crippen LogP contribution < -0.4 is 14.8 Å². The van der Waals surface area contributed by atoms with Crippen molar-refractivity contribution in [1.82, 2.24) is 0 Å². The van der Waals surface area contributed by atoms with Gasteiger partial charge in [-0.1, -0.05) is 0 Å². The molecule has 1 heterocycles. The lowest BCUT2D eigenvalue weighted by atomic mass is 10.1. The molecule has 1 N–H and O–H groups in total. The molecule has 1 aliphatic rings. The van der Waals surface area contributed by atoms with Gasteiger partial charge < -0.3 is 24.3 Å². The number of carbonyl (C=O) groups is 1. The Kier molecular flexibility index (Phi) is 6.03. The molecule has 22 heavy (non-hydrogen) atoms. The van der Waals surface area contributed by atoms with Gasteiger partial charge in [-0.2, -0.15) is 0 Å². The van der Waals surface area contributed by atoms with E-state index in [0.29, 0.717) is 31.3 Å². The van der Waals surface area contributed by atoms with Crippen LogP contribution in [0.2, 0.25) is 0 Å². The van der Waals surface area contributed by atoms with Crippen LogP contribution in [0.3, 0.4) is 0 Å². The molecule has 0 unspecified atom stereocenters. The summed E-state index contributed by atoms with van der Waals surface area (Å²) in [5, 5.41) is 2.81. The minimum atomic E-state index is -0.233. The molecule has 0 spiro atoms. The Morgan fingerprint density at radius 3 is 2.95 bits per heavy atom. The zero-order valence-corrected chi connectivity index (χ0v) is 13.3. The molecule has 1 atom stereocenters. The third-order valence-electron chi connectivity index (χ3n) is 3.24. The molecule has 0 saturated carbocycles. The highest BCUT2D eigenvalue weighted by molar-refractivity contribution is 5.93. The highest BCUT2D eigenvalue weighted by Gasteiger charge is 2.22. The van der Waals surface area contributed by atoms with E-state index in [9.17, 15) is 4.79 Å². The fraction of sp³-hybridized carbons (Fsp3) is 0.562. The monoisotopic (exact) mass is 309 g/mol. The van der Waals surface area contributed by atoms with Crippen LogP contribution in [0.15, 0.2) is 12.1 Å². The maximum atomic E-state index is 11.9. The van der Waals surface area contributed by atoms with Crippen molar-refractivity contribution < 1.29 is 23.7 Å². The highest BCUT2D eigenvalue weighted by Crippen LogP contribution is 2.37. The summed E-state index contributed by atoms with van der Waals surface area (Å²) in [6.45, 7) is 5.27. The molecule has 6 heteroatoms. The first-order valence-electron chi connectivity index (χ1n) is 7.47. The molecule has 0 bridgehead atoms. The van der Waals surface area contributed by atoms with Gasteiger partial charge in [0.15, 0.2) is 0 Å². The summed E-state index contributed by atoms with van der Waals surface area (Å²) < 4.78 is 21.4. The Balaban J connectivity index is 2.02. The van der Waals surface area contributed by atoms with Crippen LogP contribution in [0, 0.1) is 0 Å². The normalized spacial score (nSPS) is 16.0. The number of hydrogen-bond acceptors (Lipinski definition) is 5. The smallest absolute Gasteiger partial charge is 0.250 e. The van der Waals surface area contributed by atoms with Gasteiger partial charge in [0.25, 0.3) is 0 Å². The molecule has 0 fully saturated rings. The molecule has 1 aliphatic heterocycles. The largest absolute Gasteiger partial charge is 0.492 e. The van der Waals surface area contributed by atoms with E-state index in [2.05, 4.69) is 5.32 Å². The number of carbonyl (C=O) groups excluding carboxylic acids is 1. The van der Waals surface area contributed by atoms with Crippen molar-refractivity contribution in [3.63, 3.8) is 0 Å². The Morgan fingerprint density at radius 1 is 1.41 bits per heavy atom. The first kappa shape index (κ1) is 16.6. The quantitative estimate of drug-likeness (QED) is 0.744. The van der Waals surface area contributed by atoms with Crippen molar-refractivity contribution in [2.24, 2.45) is 0 Å². The molecular weight excluding hydrogens is 286 g/mol. The minimum absolute atomic E-state index is 0.0245. The summed E-state index contributed by atoms with van der Waals surface area (Å²) >= 11 is 0. The van der Waals surface area contributed by atoms with Crippen LogP contribution in [0.25, 0.3) is 0 Å². The van der Waals surface area contributed by atoms with Crippen molar-refractivity contribution >= 4 is 11.6 Å². The maximum absolute atomic E-state index is 11.9. The molecular formula is C16H23NO5. The van der Waals surface area contributed by atoms with Gasteiger partial charge in [-0.15, -0.1) is 0 Å². The van der Waals surface area contributed by atoms with Crippen LogP contribution in [-0.2, 0) is 20.7 Å². The van der Waals surface area contributed by atoms with Gasteiger partial charge in [-0.3, -0.25) is 4.79 Å². The van der Waals surface area contributed by atoms with Crippen molar-refractivity contribution in [2.45, 2.75) is 26.4 Å². The number of rotatable bonds is 8. The lowest BCUT2D eigenvalue weighted by Gasteiger charge is -2.13. The van der Waals surface area contributed by atoms with E-state index in [0.717, 1.165) is 17.7 Å². The molecule has 1 amide bonds. The van der Waals surface area contributed by atoms with Gasteiger partial charge in [-0.05, 0) is 19.9 Å². The number of benzene rings is 1. The van der Waals surface area contributed by atoms with Gasteiger partial charge in [0.05, 0.1) is 25.5 Å². The number of ether oxygens (including phenoxy) is 4. The lowest BCUT2D eigenvalue weighted by molar-refractivity contribution is -0.121. The second-order valence-corrected chi connectivity index (χ2v) is 5.12. The fourth-order valence-corrected chi connectivity index (χ4v) is 2.31. The number of hydrogen-bond donors (Lipinski definition) is 1. The van der Waals surface area contributed by atoms with E-state index in [1.54, 1.807) is 7.11 Å². The Labute approximate surface area is 130 Å². The van der Waals surface area contributed by atoms with Gasteiger partial charge >= 0.3 is 0 Å². The van der Waals surface area contributed by atoms with Gasteiger partial charge in [0.2, 0.25) is 5.91 Å². The molecule has 0 radical (unpaired) electrons. The van der Waals surface area contributed by atoms with Crippen molar-refractivity contribution in [3.8, 4) is 11.5 Å². The number of anilines is 1. The van der Waals surface area contributed by atoms with Crippen LogP contribution >= 0.6 is 0 Å². The second-order valence-electron chi connectivity index (χ2n) is 5.12. The summed E-state index contributed by atoms with van der Waals surface area (Å²) in [7, 11) is 1.59. The Hall–Kier alpha value is -1.79. The number of nitrogens with one attached hydrogen (secondary N) is 1. The summed E-state index contributed by atoms with van der Waals surface area (Å²) in [4.78, 5) is 11.9. The molecule has 1 aromatic rings. The third kappa shape index (κ3) is 4.35. The number of fused-ring (bicyclic) bond motifs is 1. The van der Waals surface area contributed by atoms with E-state index in [-0.39, 0.29) is 18.6 Å². The summed E-state index contributed by atoms with van der Waals surface area (Å²) in [6.07, 6.45) is 0.997. The second kappa shape index (κ2) is 8.00. The van der Waals surface area contributed by atoms with Crippen LogP contribution in [0.1, 0.15) is 19.4 Å². The molecule has 1 aromatic carbocycles. The molecule has 122 valence electrons. The SMILES string of the molecule is CCOc1cc2c(cc1NC(=O)COCCOC)O[C@H](C)C2. The van der Waals surface area contributed by atoms with E-state index >= 15 is 0 Å².